The first-order valence-corrected chi connectivity index (χ1v) is 7.32. The molecule has 94 valence electrons. The van der Waals surface area contributed by atoms with Crippen molar-refractivity contribution in [3.05, 3.63) is 0 Å². The van der Waals surface area contributed by atoms with Crippen LogP contribution in [0.25, 0.3) is 0 Å². The van der Waals surface area contributed by atoms with Crippen molar-refractivity contribution in [2.45, 2.75) is 69.9 Å². The van der Waals surface area contributed by atoms with Crippen LogP contribution in [-0.4, -0.2) is 37.1 Å². The minimum absolute atomic E-state index is 0.885. The van der Waals surface area contributed by atoms with Crippen LogP contribution in [0.15, 0.2) is 0 Å². The second-order valence-corrected chi connectivity index (χ2v) is 5.57. The minimum Gasteiger partial charge on any atom is -0.320 e. The number of nitrogens with zero attached hydrogens (tertiary/aromatic N) is 1. The van der Waals surface area contributed by atoms with Gasteiger partial charge in [0.05, 0.1) is 0 Å². The zero-order valence-electron chi connectivity index (χ0n) is 10.9. The van der Waals surface area contributed by atoms with Gasteiger partial charge in [-0.15, -0.1) is 0 Å². The van der Waals surface area contributed by atoms with Crippen molar-refractivity contribution >= 4 is 0 Å². The first kappa shape index (κ1) is 12.4. The molecule has 2 rings (SSSR count). The highest BCUT2D eigenvalue weighted by atomic mass is 15.2. The summed E-state index contributed by atoms with van der Waals surface area (Å²) in [6.07, 6.45) is 13.1. The van der Waals surface area contributed by atoms with Crippen molar-refractivity contribution in [2.24, 2.45) is 0 Å². The Balaban J connectivity index is 1.85. The average Bonchev–Trinajstić information content (AvgIpc) is 2.60. The second-order valence-electron chi connectivity index (χ2n) is 5.57. The molecule has 1 heterocycles. The van der Waals surface area contributed by atoms with Crippen LogP contribution < -0.4 is 5.32 Å². The van der Waals surface area contributed by atoms with Gasteiger partial charge in [0.2, 0.25) is 0 Å². The van der Waals surface area contributed by atoms with Gasteiger partial charge in [-0.05, 0) is 52.2 Å². The topological polar surface area (TPSA) is 15.3 Å². The van der Waals surface area contributed by atoms with E-state index in [4.69, 9.17) is 0 Å². The Morgan fingerprint density at radius 1 is 1.00 bits per heavy atom. The van der Waals surface area contributed by atoms with Gasteiger partial charge in [0, 0.05) is 12.1 Å². The molecule has 2 heteroatoms. The standard InChI is InChI=1S/C14H28N2/c1-15-11-10-14-9-6-12-16(14)13-7-4-2-3-5-8-13/h13-15H,2-12H2,1H3. The SMILES string of the molecule is CNCCC1CCCN1C1CCCCCC1. The predicted molar refractivity (Wildman–Crippen MR) is 69.8 cm³/mol. The molecule has 1 aliphatic carbocycles. The van der Waals surface area contributed by atoms with Gasteiger partial charge in [0.1, 0.15) is 0 Å². The number of hydrogen-bond acceptors (Lipinski definition) is 2. The molecule has 0 radical (unpaired) electrons. The zero-order chi connectivity index (χ0) is 11.2. The summed E-state index contributed by atoms with van der Waals surface area (Å²) < 4.78 is 0. The Morgan fingerprint density at radius 3 is 2.44 bits per heavy atom. The molecule has 1 atom stereocenters. The lowest BCUT2D eigenvalue weighted by Gasteiger charge is -2.32. The zero-order valence-corrected chi connectivity index (χ0v) is 10.9. The second kappa shape index (κ2) is 6.61. The largest absolute Gasteiger partial charge is 0.320 e. The lowest BCUT2D eigenvalue weighted by molar-refractivity contribution is 0.157. The summed E-state index contributed by atoms with van der Waals surface area (Å²) in [5.74, 6) is 0. The van der Waals surface area contributed by atoms with Crippen LogP contribution in [-0.2, 0) is 0 Å². The lowest BCUT2D eigenvalue weighted by Crippen LogP contribution is -2.40. The molecule has 0 bridgehead atoms. The summed E-state index contributed by atoms with van der Waals surface area (Å²) in [5, 5.41) is 3.30. The van der Waals surface area contributed by atoms with E-state index in [-0.39, 0.29) is 0 Å². The number of likely N-dealkylation sites (tertiary alicyclic amines) is 1. The van der Waals surface area contributed by atoms with Crippen LogP contribution in [0.2, 0.25) is 0 Å². The third-order valence-electron chi connectivity index (χ3n) is 4.44. The van der Waals surface area contributed by atoms with E-state index in [9.17, 15) is 0 Å². The predicted octanol–water partition coefficient (Wildman–Crippen LogP) is 2.78. The van der Waals surface area contributed by atoms with Gasteiger partial charge in [-0.2, -0.15) is 0 Å². The maximum atomic E-state index is 3.30. The van der Waals surface area contributed by atoms with Gasteiger partial charge < -0.3 is 5.32 Å². The summed E-state index contributed by atoms with van der Waals surface area (Å²) in [6.45, 7) is 2.56. The summed E-state index contributed by atoms with van der Waals surface area (Å²) in [5.41, 5.74) is 0. The molecule has 0 amide bonds. The molecule has 2 aliphatic rings. The molecular formula is C14H28N2. The number of hydrogen-bond donors (Lipinski definition) is 1. The molecule has 2 nitrogen and oxygen atoms in total. The van der Waals surface area contributed by atoms with Crippen LogP contribution in [0.1, 0.15) is 57.8 Å². The van der Waals surface area contributed by atoms with Crippen molar-refractivity contribution in [3.8, 4) is 0 Å². The van der Waals surface area contributed by atoms with Gasteiger partial charge in [0.15, 0.2) is 0 Å². The fourth-order valence-electron chi connectivity index (χ4n) is 3.55. The Hall–Kier alpha value is -0.0800. The molecule has 1 unspecified atom stereocenters. The van der Waals surface area contributed by atoms with E-state index in [1.807, 2.05) is 0 Å². The van der Waals surface area contributed by atoms with Crippen LogP contribution in [0.5, 0.6) is 0 Å². The van der Waals surface area contributed by atoms with E-state index in [0.29, 0.717) is 0 Å². The van der Waals surface area contributed by atoms with Gasteiger partial charge in [0.25, 0.3) is 0 Å². The maximum Gasteiger partial charge on any atom is 0.0111 e. The van der Waals surface area contributed by atoms with Crippen LogP contribution in [0, 0.1) is 0 Å². The third kappa shape index (κ3) is 3.21. The highest BCUT2D eigenvalue weighted by Gasteiger charge is 2.30. The van der Waals surface area contributed by atoms with E-state index in [2.05, 4.69) is 17.3 Å². The number of nitrogens with one attached hydrogen (secondary N) is 1. The minimum atomic E-state index is 0.885. The van der Waals surface area contributed by atoms with Crippen LogP contribution in [0.4, 0.5) is 0 Å². The Labute approximate surface area is 101 Å². The summed E-state index contributed by atoms with van der Waals surface area (Å²) >= 11 is 0. The molecule has 0 aromatic rings. The van der Waals surface area contributed by atoms with E-state index in [0.717, 1.165) is 12.1 Å². The monoisotopic (exact) mass is 224 g/mol. The Morgan fingerprint density at radius 2 is 1.75 bits per heavy atom. The van der Waals surface area contributed by atoms with E-state index in [1.54, 1.807) is 0 Å². The average molecular weight is 224 g/mol. The van der Waals surface area contributed by atoms with Crippen molar-refractivity contribution in [2.75, 3.05) is 20.1 Å². The molecule has 0 aromatic heterocycles. The van der Waals surface area contributed by atoms with E-state index < -0.39 is 0 Å². The molecular weight excluding hydrogens is 196 g/mol. The molecule has 1 saturated carbocycles. The van der Waals surface area contributed by atoms with E-state index in [1.165, 1.54) is 70.9 Å². The highest BCUT2D eigenvalue weighted by molar-refractivity contribution is 4.86. The van der Waals surface area contributed by atoms with Crippen LogP contribution >= 0.6 is 0 Å². The van der Waals surface area contributed by atoms with Crippen molar-refractivity contribution in [1.29, 1.82) is 0 Å². The van der Waals surface area contributed by atoms with Crippen molar-refractivity contribution in [3.63, 3.8) is 0 Å². The smallest absolute Gasteiger partial charge is 0.0111 e. The first-order chi connectivity index (χ1) is 7.92. The molecule has 0 aromatic carbocycles. The molecule has 1 saturated heterocycles. The summed E-state index contributed by atoms with van der Waals surface area (Å²) in [6, 6.07) is 1.81. The third-order valence-corrected chi connectivity index (χ3v) is 4.44. The fraction of sp³-hybridized carbons (Fsp3) is 1.00. The highest BCUT2D eigenvalue weighted by Crippen LogP contribution is 2.29. The molecule has 1 N–H and O–H groups in total. The Bertz CT molecular complexity index is 185. The first-order valence-electron chi connectivity index (χ1n) is 7.32. The molecule has 1 aliphatic heterocycles. The molecule has 0 spiro atoms. The summed E-state index contributed by atoms with van der Waals surface area (Å²) in [4.78, 5) is 2.85. The molecule has 16 heavy (non-hydrogen) atoms. The van der Waals surface area contributed by atoms with Crippen molar-refractivity contribution < 1.29 is 0 Å². The van der Waals surface area contributed by atoms with Gasteiger partial charge in [-0.1, -0.05) is 25.7 Å². The van der Waals surface area contributed by atoms with Gasteiger partial charge in [-0.3, -0.25) is 4.90 Å². The van der Waals surface area contributed by atoms with Crippen LogP contribution in [0.3, 0.4) is 0 Å². The number of rotatable bonds is 4. The molecule has 2 fully saturated rings. The lowest BCUT2D eigenvalue weighted by atomic mass is 10.0. The van der Waals surface area contributed by atoms with Gasteiger partial charge >= 0.3 is 0 Å². The quantitative estimate of drug-likeness (QED) is 0.739. The Kier molecular flexibility index (Phi) is 5.11. The van der Waals surface area contributed by atoms with Crippen molar-refractivity contribution in [1.82, 2.24) is 10.2 Å². The van der Waals surface area contributed by atoms with E-state index >= 15 is 0 Å². The normalized spacial score (nSPS) is 29.4. The fourth-order valence-corrected chi connectivity index (χ4v) is 3.55. The van der Waals surface area contributed by atoms with Gasteiger partial charge in [-0.25, -0.2) is 0 Å². The maximum absolute atomic E-state index is 3.30. The summed E-state index contributed by atoms with van der Waals surface area (Å²) in [7, 11) is 2.07.